The lowest BCUT2D eigenvalue weighted by molar-refractivity contribution is -0.137. The first-order chi connectivity index (χ1) is 10.9. The van der Waals surface area contributed by atoms with E-state index in [1.807, 2.05) is 18.2 Å². The second-order valence-corrected chi connectivity index (χ2v) is 5.02. The number of amides is 1. The lowest BCUT2D eigenvalue weighted by Gasteiger charge is -2.09. The highest BCUT2D eigenvalue weighted by molar-refractivity contribution is 6.04. The Morgan fingerprint density at radius 2 is 1.87 bits per heavy atom. The van der Waals surface area contributed by atoms with Crippen molar-refractivity contribution in [3.8, 4) is 0 Å². The molecule has 1 amide bonds. The van der Waals surface area contributed by atoms with Crippen LogP contribution in [0.25, 0.3) is 11.0 Å². The quantitative estimate of drug-likeness (QED) is 0.780. The van der Waals surface area contributed by atoms with E-state index in [0.717, 1.165) is 17.6 Å². The zero-order valence-electron chi connectivity index (χ0n) is 12.1. The largest absolute Gasteiger partial charge is 0.416 e. The van der Waals surface area contributed by atoms with Crippen LogP contribution >= 0.6 is 0 Å². The first kappa shape index (κ1) is 15.1. The molecule has 0 atom stereocenters. The molecule has 23 heavy (non-hydrogen) atoms. The number of carbonyl (C=O) groups is 1. The number of hydrogen-bond acceptors (Lipinski definition) is 2. The summed E-state index contributed by atoms with van der Waals surface area (Å²) in [6.45, 7) is 0. The van der Waals surface area contributed by atoms with Crippen molar-refractivity contribution in [2.45, 2.75) is 6.18 Å². The molecule has 3 rings (SSSR count). The number of anilines is 1. The molecule has 0 saturated heterocycles. The van der Waals surface area contributed by atoms with Gasteiger partial charge in [0, 0.05) is 12.6 Å². The zero-order chi connectivity index (χ0) is 16.6. The van der Waals surface area contributed by atoms with Crippen LogP contribution in [0.1, 0.15) is 15.9 Å². The fraction of sp³-hybridized carbons (Fsp3) is 0.125. The lowest BCUT2D eigenvalue weighted by Crippen LogP contribution is -2.16. The maximum Gasteiger partial charge on any atom is 0.416 e. The number of alkyl halides is 3. The van der Waals surface area contributed by atoms with Crippen molar-refractivity contribution in [1.29, 1.82) is 0 Å². The molecule has 0 fully saturated rings. The number of nitrogens with one attached hydrogen (secondary N) is 1. The minimum Gasteiger partial charge on any atom is -0.313 e. The minimum atomic E-state index is -4.49. The first-order valence-corrected chi connectivity index (χ1v) is 6.76. The number of rotatable bonds is 2. The van der Waals surface area contributed by atoms with Crippen LogP contribution in [0, 0.1) is 0 Å². The molecule has 0 aliphatic carbocycles. The first-order valence-electron chi connectivity index (χ1n) is 6.76. The summed E-state index contributed by atoms with van der Waals surface area (Å²) in [6.07, 6.45) is -4.49. The molecular weight excluding hydrogens is 307 g/mol. The fourth-order valence-corrected chi connectivity index (χ4v) is 2.27. The molecule has 7 heteroatoms. The molecule has 0 saturated carbocycles. The van der Waals surface area contributed by atoms with Crippen molar-refractivity contribution in [3.63, 3.8) is 0 Å². The van der Waals surface area contributed by atoms with Gasteiger partial charge in [-0.2, -0.15) is 13.2 Å². The molecule has 2 aromatic carbocycles. The summed E-state index contributed by atoms with van der Waals surface area (Å²) in [5.74, 6) is -0.372. The van der Waals surface area contributed by atoms with Crippen LogP contribution in [0.3, 0.4) is 0 Å². The second kappa shape index (κ2) is 5.42. The minimum absolute atomic E-state index is 0.0770. The molecule has 1 N–H and O–H groups in total. The van der Waals surface area contributed by atoms with Crippen LogP contribution in [-0.2, 0) is 13.2 Å². The van der Waals surface area contributed by atoms with Crippen molar-refractivity contribution in [2.75, 3.05) is 5.32 Å². The predicted molar refractivity (Wildman–Crippen MR) is 80.1 cm³/mol. The third-order valence-corrected chi connectivity index (χ3v) is 3.46. The van der Waals surface area contributed by atoms with Crippen LogP contribution in [0.5, 0.6) is 0 Å². The maximum absolute atomic E-state index is 12.7. The summed E-state index contributed by atoms with van der Waals surface area (Å²) in [6, 6.07) is 11.5. The average Bonchev–Trinajstić information content (AvgIpc) is 2.83. The third kappa shape index (κ3) is 2.90. The number of hydrogen-bond donors (Lipinski definition) is 1. The van der Waals surface area contributed by atoms with Crippen LogP contribution in [0.2, 0.25) is 0 Å². The van der Waals surface area contributed by atoms with E-state index in [2.05, 4.69) is 10.3 Å². The Morgan fingerprint density at radius 1 is 1.13 bits per heavy atom. The molecule has 118 valence electrons. The topological polar surface area (TPSA) is 46.9 Å². The van der Waals surface area contributed by atoms with Gasteiger partial charge >= 0.3 is 6.18 Å². The number of para-hydroxylation sites is 2. The van der Waals surface area contributed by atoms with Crippen molar-refractivity contribution < 1.29 is 18.0 Å². The predicted octanol–water partition coefficient (Wildman–Crippen LogP) is 3.84. The standard InChI is InChI=1S/C16H12F3N3O/c1-22-13-8-3-2-7-12(13)20-15(22)21-14(23)10-5-4-6-11(9-10)16(17,18)19/h2-9H,1H3,(H,20,21,23). The Morgan fingerprint density at radius 3 is 2.57 bits per heavy atom. The molecule has 1 heterocycles. The third-order valence-electron chi connectivity index (χ3n) is 3.46. The molecule has 0 spiro atoms. The van der Waals surface area contributed by atoms with Gasteiger partial charge in [0.1, 0.15) is 0 Å². The highest BCUT2D eigenvalue weighted by Gasteiger charge is 2.31. The monoisotopic (exact) mass is 319 g/mol. The Kier molecular flexibility index (Phi) is 3.55. The highest BCUT2D eigenvalue weighted by atomic mass is 19.4. The summed E-state index contributed by atoms with van der Waals surface area (Å²) >= 11 is 0. The van der Waals surface area contributed by atoms with Crippen molar-refractivity contribution >= 4 is 22.9 Å². The summed E-state index contributed by atoms with van der Waals surface area (Å²) in [5.41, 5.74) is 0.559. The van der Waals surface area contributed by atoms with E-state index in [0.29, 0.717) is 5.52 Å². The number of nitrogens with zero attached hydrogens (tertiary/aromatic N) is 2. The summed E-state index contributed by atoms with van der Waals surface area (Å²) < 4.78 is 39.8. The fourth-order valence-electron chi connectivity index (χ4n) is 2.27. The summed E-state index contributed by atoms with van der Waals surface area (Å²) in [4.78, 5) is 16.4. The number of imidazole rings is 1. The molecule has 1 aromatic heterocycles. The SMILES string of the molecule is Cn1c(NC(=O)c2cccc(C(F)(F)F)c2)nc2ccccc21. The van der Waals surface area contributed by atoms with Crippen LogP contribution in [0.15, 0.2) is 48.5 Å². The van der Waals surface area contributed by atoms with Gasteiger partial charge in [0.25, 0.3) is 5.91 Å². The van der Waals surface area contributed by atoms with Gasteiger partial charge < -0.3 is 4.57 Å². The molecule has 0 radical (unpaired) electrons. The van der Waals surface area contributed by atoms with Crippen LogP contribution in [-0.4, -0.2) is 15.5 Å². The van der Waals surface area contributed by atoms with Crippen molar-refractivity contribution in [3.05, 3.63) is 59.7 Å². The Bertz CT molecular complexity index is 884. The van der Waals surface area contributed by atoms with Crippen LogP contribution < -0.4 is 5.32 Å². The molecule has 0 unspecified atom stereocenters. The Labute approximate surface area is 129 Å². The lowest BCUT2D eigenvalue weighted by atomic mass is 10.1. The van der Waals surface area contributed by atoms with Gasteiger partial charge in [0.15, 0.2) is 0 Å². The van der Waals surface area contributed by atoms with E-state index < -0.39 is 17.6 Å². The number of fused-ring (bicyclic) bond motifs is 1. The van der Waals surface area contributed by atoms with E-state index in [1.54, 1.807) is 17.7 Å². The smallest absolute Gasteiger partial charge is 0.313 e. The van der Waals surface area contributed by atoms with Gasteiger partial charge in [0.2, 0.25) is 5.95 Å². The molecule has 3 aromatic rings. The molecule has 4 nitrogen and oxygen atoms in total. The number of aromatic nitrogens is 2. The van der Waals surface area contributed by atoms with Gasteiger partial charge in [-0.05, 0) is 30.3 Å². The maximum atomic E-state index is 12.7. The van der Waals surface area contributed by atoms with Gasteiger partial charge in [-0.15, -0.1) is 0 Å². The van der Waals surface area contributed by atoms with Gasteiger partial charge in [-0.25, -0.2) is 4.98 Å². The van der Waals surface area contributed by atoms with Gasteiger partial charge in [-0.1, -0.05) is 18.2 Å². The van der Waals surface area contributed by atoms with E-state index in [-0.39, 0.29) is 11.5 Å². The zero-order valence-corrected chi connectivity index (χ0v) is 12.1. The highest BCUT2D eigenvalue weighted by Crippen LogP contribution is 2.29. The number of carbonyl (C=O) groups excluding carboxylic acids is 1. The van der Waals surface area contributed by atoms with E-state index >= 15 is 0 Å². The van der Waals surface area contributed by atoms with Crippen molar-refractivity contribution in [2.24, 2.45) is 7.05 Å². The summed E-state index contributed by atoms with van der Waals surface area (Å²) in [7, 11) is 1.72. The van der Waals surface area contributed by atoms with Gasteiger partial charge in [0.05, 0.1) is 16.6 Å². The molecule has 0 bridgehead atoms. The van der Waals surface area contributed by atoms with E-state index in [1.165, 1.54) is 12.1 Å². The number of aryl methyl sites for hydroxylation is 1. The van der Waals surface area contributed by atoms with E-state index in [9.17, 15) is 18.0 Å². The Balaban J connectivity index is 1.90. The molecule has 0 aliphatic heterocycles. The second-order valence-electron chi connectivity index (χ2n) is 5.02. The van der Waals surface area contributed by atoms with Gasteiger partial charge in [-0.3, -0.25) is 10.1 Å². The number of halogens is 3. The average molecular weight is 319 g/mol. The number of benzene rings is 2. The Hall–Kier alpha value is -2.83. The molecular formula is C16H12F3N3O. The van der Waals surface area contributed by atoms with Crippen LogP contribution in [0.4, 0.5) is 19.1 Å². The molecule has 0 aliphatic rings. The van der Waals surface area contributed by atoms with Crippen molar-refractivity contribution in [1.82, 2.24) is 9.55 Å². The summed E-state index contributed by atoms with van der Waals surface area (Å²) in [5, 5.41) is 2.54. The normalized spacial score (nSPS) is 11.7. The van der Waals surface area contributed by atoms with E-state index in [4.69, 9.17) is 0 Å².